The van der Waals surface area contributed by atoms with Crippen LogP contribution in [0, 0.1) is 5.82 Å². The Labute approximate surface area is 80.7 Å². The molecule has 1 N–H and O–H groups in total. The van der Waals surface area contributed by atoms with E-state index in [0.717, 1.165) is 6.07 Å². The minimum absolute atomic E-state index is 0.128. The fourth-order valence-electron chi connectivity index (χ4n) is 1.04. The number of halogens is 3. The second kappa shape index (κ2) is 4.53. The van der Waals surface area contributed by atoms with Crippen LogP contribution in [-0.2, 0) is 0 Å². The Bertz CT molecular complexity index is 291. The first-order valence-electron chi connectivity index (χ1n) is 3.88. The first-order valence-corrected chi connectivity index (χ1v) is 4.26. The van der Waals surface area contributed by atoms with Gasteiger partial charge in [0.25, 0.3) is 0 Å². The Morgan fingerprint density at radius 3 is 2.77 bits per heavy atom. The number of hydrogen-bond donors (Lipinski definition) is 1. The highest BCUT2D eigenvalue weighted by Gasteiger charge is 2.12. The van der Waals surface area contributed by atoms with Gasteiger partial charge in [-0.2, -0.15) is 0 Å². The zero-order valence-electron chi connectivity index (χ0n) is 7.15. The predicted octanol–water partition coefficient (Wildman–Crippen LogP) is 2.71. The summed E-state index contributed by atoms with van der Waals surface area (Å²) in [6.45, 7) is 0.172. The van der Waals surface area contributed by atoms with Crippen LogP contribution in [0.25, 0.3) is 0 Å². The van der Waals surface area contributed by atoms with Crippen molar-refractivity contribution in [2.45, 2.75) is 6.17 Å². The Morgan fingerprint density at radius 1 is 1.54 bits per heavy atom. The van der Waals surface area contributed by atoms with Crippen molar-refractivity contribution < 1.29 is 8.78 Å². The van der Waals surface area contributed by atoms with E-state index in [1.807, 2.05) is 0 Å². The summed E-state index contributed by atoms with van der Waals surface area (Å²) in [5.74, 6) is -0.453. The van der Waals surface area contributed by atoms with E-state index in [0.29, 0.717) is 5.56 Å². The van der Waals surface area contributed by atoms with Crippen molar-refractivity contribution in [1.82, 2.24) is 5.32 Å². The second-order valence-electron chi connectivity index (χ2n) is 2.69. The third kappa shape index (κ3) is 2.64. The van der Waals surface area contributed by atoms with Crippen LogP contribution in [0.3, 0.4) is 0 Å². The number of likely N-dealkylation sites (N-methyl/N-ethyl adjacent to an activating group) is 1. The predicted molar refractivity (Wildman–Crippen MR) is 49.2 cm³/mol. The van der Waals surface area contributed by atoms with Gasteiger partial charge in [0.1, 0.15) is 12.0 Å². The highest BCUT2D eigenvalue weighted by Crippen LogP contribution is 2.25. The molecule has 0 aliphatic carbocycles. The molecule has 1 nitrogen and oxygen atoms in total. The fourth-order valence-corrected chi connectivity index (χ4v) is 1.33. The highest BCUT2D eigenvalue weighted by atomic mass is 35.5. The summed E-state index contributed by atoms with van der Waals surface area (Å²) in [5, 5.41) is 2.81. The van der Waals surface area contributed by atoms with E-state index in [4.69, 9.17) is 11.6 Å². The van der Waals surface area contributed by atoms with E-state index in [-0.39, 0.29) is 11.6 Å². The van der Waals surface area contributed by atoms with Gasteiger partial charge in [-0.05, 0) is 19.2 Å². The molecular weight excluding hydrogens is 196 g/mol. The van der Waals surface area contributed by atoms with Crippen molar-refractivity contribution in [3.8, 4) is 0 Å². The van der Waals surface area contributed by atoms with Gasteiger partial charge in [0, 0.05) is 17.1 Å². The molecule has 0 aliphatic rings. The first kappa shape index (κ1) is 10.4. The molecule has 0 saturated heterocycles. The molecule has 0 radical (unpaired) electrons. The van der Waals surface area contributed by atoms with Gasteiger partial charge >= 0.3 is 0 Å². The van der Waals surface area contributed by atoms with Crippen LogP contribution in [0.1, 0.15) is 11.7 Å². The summed E-state index contributed by atoms with van der Waals surface area (Å²) < 4.78 is 25.8. The molecule has 0 amide bonds. The molecular formula is C9H10ClF2N. The monoisotopic (exact) mass is 205 g/mol. The SMILES string of the molecule is CNCC(F)c1ccc(F)cc1Cl. The number of hydrogen-bond acceptors (Lipinski definition) is 1. The Hall–Kier alpha value is -0.670. The summed E-state index contributed by atoms with van der Waals surface area (Å²) in [6.07, 6.45) is -1.20. The van der Waals surface area contributed by atoms with Crippen molar-refractivity contribution in [1.29, 1.82) is 0 Å². The van der Waals surface area contributed by atoms with Crippen LogP contribution in [0.5, 0.6) is 0 Å². The summed E-state index contributed by atoms with van der Waals surface area (Å²) in [5.41, 5.74) is 0.317. The molecule has 1 aromatic rings. The molecule has 72 valence electrons. The molecule has 4 heteroatoms. The van der Waals surface area contributed by atoms with Crippen LogP contribution in [0.4, 0.5) is 8.78 Å². The number of nitrogens with one attached hydrogen (secondary N) is 1. The van der Waals surface area contributed by atoms with Crippen LogP contribution < -0.4 is 5.32 Å². The number of alkyl halides is 1. The Balaban J connectivity index is 2.88. The van der Waals surface area contributed by atoms with E-state index >= 15 is 0 Å². The van der Waals surface area contributed by atoms with Gasteiger partial charge in [-0.25, -0.2) is 8.78 Å². The topological polar surface area (TPSA) is 12.0 Å². The number of rotatable bonds is 3. The van der Waals surface area contributed by atoms with Crippen LogP contribution in [0.2, 0.25) is 5.02 Å². The maximum Gasteiger partial charge on any atom is 0.139 e. The maximum atomic E-state index is 13.3. The molecule has 1 atom stereocenters. The molecule has 1 rings (SSSR count). The third-order valence-electron chi connectivity index (χ3n) is 1.68. The third-order valence-corrected chi connectivity index (χ3v) is 2.01. The van der Waals surface area contributed by atoms with Crippen molar-refractivity contribution in [2.75, 3.05) is 13.6 Å². The van der Waals surface area contributed by atoms with Gasteiger partial charge in [-0.15, -0.1) is 0 Å². The molecule has 1 aromatic carbocycles. The summed E-state index contributed by atoms with van der Waals surface area (Å²) in [4.78, 5) is 0. The lowest BCUT2D eigenvalue weighted by Gasteiger charge is -2.09. The smallest absolute Gasteiger partial charge is 0.139 e. The summed E-state index contributed by atoms with van der Waals surface area (Å²) >= 11 is 5.65. The van der Waals surface area contributed by atoms with E-state index < -0.39 is 12.0 Å². The van der Waals surface area contributed by atoms with Gasteiger partial charge in [0.15, 0.2) is 0 Å². The average Bonchev–Trinajstić information content (AvgIpc) is 2.04. The largest absolute Gasteiger partial charge is 0.317 e. The standard InChI is InChI=1S/C9H10ClF2N/c1-13-5-9(12)7-3-2-6(11)4-8(7)10/h2-4,9,13H,5H2,1H3. The molecule has 1 unspecified atom stereocenters. The van der Waals surface area contributed by atoms with E-state index in [1.165, 1.54) is 12.1 Å². The lowest BCUT2D eigenvalue weighted by atomic mass is 10.1. The fraction of sp³-hybridized carbons (Fsp3) is 0.333. The minimum atomic E-state index is -1.20. The zero-order chi connectivity index (χ0) is 9.84. The number of benzene rings is 1. The van der Waals surface area contributed by atoms with Crippen molar-refractivity contribution in [3.05, 3.63) is 34.6 Å². The molecule has 0 bridgehead atoms. The molecule has 0 fully saturated rings. The second-order valence-corrected chi connectivity index (χ2v) is 3.10. The summed E-state index contributed by atoms with van der Waals surface area (Å²) in [6, 6.07) is 3.67. The molecule has 0 spiro atoms. The molecule has 0 heterocycles. The molecule has 0 saturated carbocycles. The van der Waals surface area contributed by atoms with Gasteiger partial charge in [-0.1, -0.05) is 17.7 Å². The Kier molecular flexibility index (Phi) is 3.63. The van der Waals surface area contributed by atoms with E-state index in [2.05, 4.69) is 5.32 Å². The normalized spacial score (nSPS) is 12.9. The van der Waals surface area contributed by atoms with E-state index in [9.17, 15) is 8.78 Å². The van der Waals surface area contributed by atoms with Gasteiger partial charge in [-0.3, -0.25) is 0 Å². The zero-order valence-corrected chi connectivity index (χ0v) is 7.91. The molecule has 0 aliphatic heterocycles. The maximum absolute atomic E-state index is 13.3. The van der Waals surface area contributed by atoms with Gasteiger partial charge in [0.05, 0.1) is 0 Å². The van der Waals surface area contributed by atoms with E-state index in [1.54, 1.807) is 7.05 Å². The van der Waals surface area contributed by atoms with Crippen molar-refractivity contribution in [2.24, 2.45) is 0 Å². The van der Waals surface area contributed by atoms with Crippen molar-refractivity contribution in [3.63, 3.8) is 0 Å². The highest BCUT2D eigenvalue weighted by molar-refractivity contribution is 6.31. The average molecular weight is 206 g/mol. The Morgan fingerprint density at radius 2 is 2.23 bits per heavy atom. The van der Waals surface area contributed by atoms with Crippen LogP contribution >= 0.6 is 11.6 Å². The van der Waals surface area contributed by atoms with Crippen LogP contribution in [-0.4, -0.2) is 13.6 Å². The van der Waals surface area contributed by atoms with Gasteiger partial charge in [0.2, 0.25) is 0 Å². The molecule has 0 aromatic heterocycles. The lowest BCUT2D eigenvalue weighted by Crippen LogP contribution is -2.14. The van der Waals surface area contributed by atoms with Gasteiger partial charge < -0.3 is 5.32 Å². The summed E-state index contributed by atoms with van der Waals surface area (Å²) in [7, 11) is 1.64. The molecule has 13 heavy (non-hydrogen) atoms. The lowest BCUT2D eigenvalue weighted by molar-refractivity contribution is 0.335. The van der Waals surface area contributed by atoms with Crippen molar-refractivity contribution >= 4 is 11.6 Å². The minimum Gasteiger partial charge on any atom is -0.317 e. The quantitative estimate of drug-likeness (QED) is 0.800. The van der Waals surface area contributed by atoms with Crippen LogP contribution in [0.15, 0.2) is 18.2 Å². The first-order chi connectivity index (χ1) is 6.15.